The Morgan fingerprint density at radius 2 is 0.889 bits per heavy atom. The number of hydrogen-bond acceptors (Lipinski definition) is 25. The van der Waals surface area contributed by atoms with Crippen molar-refractivity contribution in [2.75, 3.05) is 34.0 Å². The van der Waals surface area contributed by atoms with Gasteiger partial charge in [0.25, 0.3) is 0 Å². The summed E-state index contributed by atoms with van der Waals surface area (Å²) in [5.41, 5.74) is 0.546. The number of carbonyl (C=O) groups excluding carboxylic acids is 9. The van der Waals surface area contributed by atoms with E-state index in [1.54, 1.807) is 48.5 Å². The number of methoxy groups -OCH3 is 2. The summed E-state index contributed by atoms with van der Waals surface area (Å²) in [6.45, 7) is 2.72. The van der Waals surface area contributed by atoms with Crippen LogP contribution >= 0.6 is 34.8 Å². The minimum Gasteiger partial charge on any atom is -0.463 e. The highest BCUT2D eigenvalue weighted by molar-refractivity contribution is 6.67. The molecule has 0 spiro atoms. The molecule has 0 radical (unpaired) electrons. The molecule has 7 rings (SSSR count). The van der Waals surface area contributed by atoms with Crippen LogP contribution in [-0.4, -0.2) is 190 Å². The lowest BCUT2D eigenvalue weighted by atomic mass is 9.91. The SMILES string of the molecule is COC(Cc1ccccc1)[C@H]1O[C@H](OC)[C@H](OC(C)=O)[C@@H](OC(C)=O)[C@@H]1O[C@@H]1O[C@H](CO[C@@H]2O[C@H](COC(C)=O)[C@@H](OC(C)=O)[C@H](OC(C)=O)[C@@H]2NC(=O)OCC(Cl)(Cl)Cl)[C@H](OC(=O)c2ccccc2)[C@H](OC(=O)c2ccccc2)[C@H]1OC(=O)c1ccccc1. The molecule has 16 atom stereocenters. The van der Waals surface area contributed by atoms with Crippen LogP contribution in [0.4, 0.5) is 4.79 Å². The minimum absolute atomic E-state index is 0.0524. The normalized spacial score (nSPS) is 26.8. The van der Waals surface area contributed by atoms with Gasteiger partial charge in [0, 0.05) is 55.3 Å². The molecule has 4 aromatic rings. The number of esters is 8. The summed E-state index contributed by atoms with van der Waals surface area (Å²) >= 11 is 17.7. The van der Waals surface area contributed by atoms with E-state index in [0.29, 0.717) is 5.56 Å². The summed E-state index contributed by atoms with van der Waals surface area (Å²) in [5, 5.41) is 2.43. The fourth-order valence-corrected chi connectivity index (χ4v) is 10.2. The number of carbonyl (C=O) groups is 9. The predicted octanol–water partition coefficient (Wildman–Crippen LogP) is 5.90. The van der Waals surface area contributed by atoms with Crippen LogP contribution in [0.15, 0.2) is 121 Å². The number of alkyl halides is 3. The maximum atomic E-state index is 14.7. The van der Waals surface area contributed by atoms with Crippen molar-refractivity contribution in [2.45, 2.75) is 143 Å². The van der Waals surface area contributed by atoms with Gasteiger partial charge in [0.05, 0.1) is 29.4 Å². The van der Waals surface area contributed by atoms with Crippen LogP contribution in [0.2, 0.25) is 0 Å². The van der Waals surface area contributed by atoms with Crippen LogP contribution in [0.1, 0.15) is 71.3 Å². The van der Waals surface area contributed by atoms with Crippen molar-refractivity contribution < 1.29 is 119 Å². The molecule has 3 aliphatic heterocycles. The summed E-state index contributed by atoms with van der Waals surface area (Å²) in [6.07, 6.45) is -27.4. The fraction of sp³-hybridized carbons (Fsp3) is 0.459. The third-order valence-electron chi connectivity index (χ3n) is 13.7. The second-order valence-corrected chi connectivity index (χ2v) is 22.9. The van der Waals surface area contributed by atoms with Gasteiger partial charge in [0.2, 0.25) is 3.79 Å². The first-order valence-corrected chi connectivity index (χ1v) is 29.0. The van der Waals surface area contributed by atoms with Gasteiger partial charge >= 0.3 is 53.8 Å². The molecule has 0 saturated carbocycles. The number of benzene rings is 4. The van der Waals surface area contributed by atoms with Crippen LogP contribution < -0.4 is 5.32 Å². The van der Waals surface area contributed by atoms with E-state index < -0.39 is 176 Å². The Kier molecular flexibility index (Phi) is 25.7. The van der Waals surface area contributed by atoms with E-state index in [1.165, 1.54) is 87.0 Å². The molecule has 26 nitrogen and oxygen atoms in total. The zero-order valence-corrected chi connectivity index (χ0v) is 51.7. The second-order valence-electron chi connectivity index (χ2n) is 20.4. The van der Waals surface area contributed by atoms with Crippen molar-refractivity contribution in [3.8, 4) is 0 Å². The molecule has 1 amide bonds. The molecule has 3 aliphatic rings. The van der Waals surface area contributed by atoms with Crippen molar-refractivity contribution >= 4 is 88.7 Å². The Labute approximate surface area is 531 Å². The van der Waals surface area contributed by atoms with Gasteiger partial charge in [0.1, 0.15) is 43.7 Å². The molecule has 486 valence electrons. The lowest BCUT2D eigenvalue weighted by Crippen LogP contribution is -2.69. The Morgan fingerprint density at radius 1 is 0.467 bits per heavy atom. The number of halogens is 3. The van der Waals surface area contributed by atoms with E-state index >= 15 is 0 Å². The standard InChI is InChI=1S/C61H66Cl3NO25/c1-32(66)77-29-42-46(80-33(2)67)48(81-34(3)68)44(65-60(74)79-31-61(62,63)64)57(84-42)78-30-43-47(86-54(71)38-22-14-9-15-23-38)50(87-55(72)39-24-16-10-17-25-39)53(88-56(73)40-26-18-11-19-27-40)59(85-43)90-49-45(41(75-6)28-37-20-12-8-13-21-37)89-58(76-7)52(83-36(5)70)51(49)82-35(4)69/h8-27,41-53,57-59H,28-31H2,1-7H3,(H,65,74)/t41?,42-,43-,44+,45-,46-,47+,48-,49-,50+,51+,52-,53-,57-,58+,59+/m1/s1. The highest BCUT2D eigenvalue weighted by Crippen LogP contribution is 2.39. The number of ether oxygens (including phenoxy) is 16. The molecule has 1 N–H and O–H groups in total. The predicted molar refractivity (Wildman–Crippen MR) is 309 cm³/mol. The van der Waals surface area contributed by atoms with Gasteiger partial charge < -0.3 is 81.1 Å². The topological polar surface area (TPSA) is 313 Å². The minimum atomic E-state index is -2.15. The van der Waals surface area contributed by atoms with Crippen LogP contribution in [0.3, 0.4) is 0 Å². The van der Waals surface area contributed by atoms with E-state index in [-0.39, 0.29) is 23.1 Å². The van der Waals surface area contributed by atoms with E-state index in [2.05, 4.69) is 5.32 Å². The van der Waals surface area contributed by atoms with E-state index in [0.717, 1.165) is 34.6 Å². The van der Waals surface area contributed by atoms with Crippen LogP contribution in [0.25, 0.3) is 0 Å². The average molecular weight is 1320 g/mol. The molecule has 0 bridgehead atoms. The van der Waals surface area contributed by atoms with Crippen LogP contribution in [-0.2, 0) is 106 Å². The van der Waals surface area contributed by atoms with Gasteiger partial charge in [-0.3, -0.25) is 24.0 Å². The number of nitrogens with one attached hydrogen (secondary N) is 1. The first kappa shape index (κ1) is 70.0. The van der Waals surface area contributed by atoms with Gasteiger partial charge in [-0.25, -0.2) is 19.2 Å². The smallest absolute Gasteiger partial charge is 0.407 e. The molecular formula is C61H66Cl3NO25. The molecule has 3 saturated heterocycles. The highest BCUT2D eigenvalue weighted by atomic mass is 35.6. The van der Waals surface area contributed by atoms with E-state index in [4.69, 9.17) is 111 Å². The largest absolute Gasteiger partial charge is 0.463 e. The number of alkyl carbamates (subject to hydrolysis) is 1. The molecular weight excluding hydrogens is 1250 g/mol. The van der Waals surface area contributed by atoms with Crippen molar-refractivity contribution in [1.29, 1.82) is 0 Å². The zero-order chi connectivity index (χ0) is 65.2. The molecule has 90 heavy (non-hydrogen) atoms. The summed E-state index contributed by atoms with van der Waals surface area (Å²) in [5.74, 6) is -7.83. The zero-order valence-electron chi connectivity index (χ0n) is 49.5. The summed E-state index contributed by atoms with van der Waals surface area (Å²) in [4.78, 5) is 122. The Hall–Kier alpha value is -7.50. The Morgan fingerprint density at radius 3 is 1.38 bits per heavy atom. The summed E-state index contributed by atoms with van der Waals surface area (Å²) < 4.78 is 95.5. The Balaban J connectivity index is 1.45. The molecule has 3 heterocycles. The van der Waals surface area contributed by atoms with E-state index in [9.17, 15) is 43.2 Å². The number of amides is 1. The van der Waals surface area contributed by atoms with Crippen LogP contribution in [0.5, 0.6) is 0 Å². The van der Waals surface area contributed by atoms with Crippen molar-refractivity contribution in [2.24, 2.45) is 0 Å². The lowest BCUT2D eigenvalue weighted by molar-refractivity contribution is -0.365. The summed E-state index contributed by atoms with van der Waals surface area (Å²) in [7, 11) is 2.61. The molecule has 3 fully saturated rings. The average Bonchev–Trinajstić information content (AvgIpc) is 0.835. The second kappa shape index (κ2) is 33.0. The highest BCUT2D eigenvalue weighted by Gasteiger charge is 2.60. The summed E-state index contributed by atoms with van der Waals surface area (Å²) in [6, 6.07) is 29.6. The Bertz CT molecular complexity index is 3070. The maximum Gasteiger partial charge on any atom is 0.407 e. The van der Waals surface area contributed by atoms with Crippen molar-refractivity contribution in [1.82, 2.24) is 5.32 Å². The maximum absolute atomic E-state index is 14.7. The van der Waals surface area contributed by atoms with Gasteiger partial charge in [-0.15, -0.1) is 0 Å². The van der Waals surface area contributed by atoms with Crippen molar-refractivity contribution in [3.63, 3.8) is 0 Å². The van der Waals surface area contributed by atoms with Gasteiger partial charge in [-0.05, 0) is 42.0 Å². The molecule has 29 heteroatoms. The molecule has 4 aromatic carbocycles. The third kappa shape index (κ3) is 19.8. The fourth-order valence-electron chi connectivity index (χ4n) is 9.99. The lowest BCUT2D eigenvalue weighted by Gasteiger charge is -2.50. The van der Waals surface area contributed by atoms with Gasteiger partial charge in [-0.1, -0.05) is 120 Å². The van der Waals surface area contributed by atoms with Gasteiger partial charge in [-0.2, -0.15) is 0 Å². The first-order valence-electron chi connectivity index (χ1n) is 27.9. The quantitative estimate of drug-likeness (QED) is 0.0485. The number of hydrogen-bond donors (Lipinski definition) is 1. The third-order valence-corrected chi connectivity index (χ3v) is 14.1. The monoisotopic (exact) mass is 1320 g/mol. The van der Waals surface area contributed by atoms with Crippen LogP contribution in [0, 0.1) is 0 Å². The number of rotatable bonds is 24. The van der Waals surface area contributed by atoms with Crippen molar-refractivity contribution in [3.05, 3.63) is 144 Å². The molecule has 0 aromatic heterocycles. The molecule has 0 aliphatic carbocycles. The van der Waals surface area contributed by atoms with E-state index in [1.807, 2.05) is 0 Å². The van der Waals surface area contributed by atoms with Gasteiger partial charge in [0.15, 0.2) is 61.6 Å². The first-order chi connectivity index (χ1) is 42.9. The molecule has 1 unspecified atom stereocenters.